The highest BCUT2D eigenvalue weighted by Crippen LogP contribution is 2.08. The van der Waals surface area contributed by atoms with Crippen LogP contribution in [0.4, 0.5) is 0 Å². The molecule has 1 aliphatic rings. The molecule has 0 spiro atoms. The number of rotatable bonds is 10. The van der Waals surface area contributed by atoms with Crippen molar-refractivity contribution < 1.29 is 33.9 Å². The molecular formula is C25H36N8O7S. The molecule has 1 saturated heterocycles. The molecule has 15 nitrogen and oxygen atoms in total. The van der Waals surface area contributed by atoms with E-state index in [0.717, 1.165) is 5.56 Å². The average molecular weight is 593 g/mol. The lowest BCUT2D eigenvalue weighted by Crippen LogP contribution is -2.58. The Balaban J connectivity index is 2.34. The van der Waals surface area contributed by atoms with E-state index in [0.29, 0.717) is 12.8 Å². The van der Waals surface area contributed by atoms with Gasteiger partial charge in [-0.2, -0.15) is 12.6 Å². The van der Waals surface area contributed by atoms with Crippen molar-refractivity contribution in [2.24, 2.45) is 16.5 Å². The fourth-order valence-corrected chi connectivity index (χ4v) is 4.18. The largest absolute Gasteiger partial charge is 0.481 e. The number of carbonyl (C=O) groups is 6. The van der Waals surface area contributed by atoms with Gasteiger partial charge in [0.15, 0.2) is 5.96 Å². The highest BCUT2D eigenvalue weighted by Gasteiger charge is 2.32. The van der Waals surface area contributed by atoms with Crippen LogP contribution < -0.4 is 38.1 Å². The van der Waals surface area contributed by atoms with Crippen LogP contribution in [0.15, 0.2) is 35.3 Å². The van der Waals surface area contributed by atoms with E-state index in [1.165, 1.54) is 0 Å². The van der Waals surface area contributed by atoms with Crippen molar-refractivity contribution >= 4 is 54.1 Å². The summed E-state index contributed by atoms with van der Waals surface area (Å²) in [5.74, 6) is -5.59. The maximum Gasteiger partial charge on any atom is 0.305 e. The third kappa shape index (κ3) is 11.7. The summed E-state index contributed by atoms with van der Waals surface area (Å²) < 4.78 is 0. The molecular weight excluding hydrogens is 556 g/mol. The number of aliphatic carboxylic acids is 1. The van der Waals surface area contributed by atoms with E-state index in [1.54, 1.807) is 0 Å². The van der Waals surface area contributed by atoms with Gasteiger partial charge in [0.05, 0.1) is 13.0 Å². The number of carboxylic acid groups (broad SMARTS) is 1. The number of carboxylic acids is 1. The van der Waals surface area contributed by atoms with Gasteiger partial charge in [0.2, 0.25) is 29.5 Å². The number of guanidine groups is 1. The summed E-state index contributed by atoms with van der Waals surface area (Å²) in [6.45, 7) is -0.434. The van der Waals surface area contributed by atoms with Gasteiger partial charge >= 0.3 is 5.97 Å². The van der Waals surface area contributed by atoms with Crippen molar-refractivity contribution in [3.63, 3.8) is 0 Å². The molecule has 0 aromatic heterocycles. The smallest absolute Gasteiger partial charge is 0.305 e. The fourth-order valence-electron chi connectivity index (χ4n) is 3.93. The van der Waals surface area contributed by atoms with Gasteiger partial charge in [0.1, 0.15) is 24.2 Å². The third-order valence-corrected chi connectivity index (χ3v) is 6.41. The van der Waals surface area contributed by atoms with Gasteiger partial charge in [0, 0.05) is 12.3 Å². The van der Waals surface area contributed by atoms with Crippen molar-refractivity contribution in [3.8, 4) is 0 Å². The lowest BCUT2D eigenvalue weighted by atomic mass is 10.0. The van der Waals surface area contributed by atoms with Gasteiger partial charge in [-0.15, -0.1) is 0 Å². The minimum atomic E-state index is -1.54. The van der Waals surface area contributed by atoms with Crippen LogP contribution in [0.5, 0.6) is 0 Å². The highest BCUT2D eigenvalue weighted by atomic mass is 32.1. The van der Waals surface area contributed by atoms with Crippen LogP contribution in [0.3, 0.4) is 0 Å². The first kappa shape index (κ1) is 32.9. The van der Waals surface area contributed by atoms with Gasteiger partial charge in [-0.25, -0.2) is 0 Å². The van der Waals surface area contributed by atoms with Crippen LogP contribution in [0, 0.1) is 0 Å². The Morgan fingerprint density at radius 2 is 1.44 bits per heavy atom. The van der Waals surface area contributed by atoms with Crippen LogP contribution in [-0.2, 0) is 35.2 Å². The van der Waals surface area contributed by atoms with Crippen LogP contribution in [0.1, 0.15) is 31.2 Å². The van der Waals surface area contributed by atoms with Crippen molar-refractivity contribution in [3.05, 3.63) is 35.9 Å². The number of benzene rings is 1. The molecule has 5 amide bonds. The molecule has 1 fully saturated rings. The number of nitrogens with one attached hydrogen (secondary N) is 5. The van der Waals surface area contributed by atoms with E-state index in [2.05, 4.69) is 44.2 Å². The van der Waals surface area contributed by atoms with Crippen LogP contribution in [0.2, 0.25) is 0 Å². The number of carbonyl (C=O) groups excluding carboxylic acids is 5. The Kier molecular flexibility index (Phi) is 13.4. The molecule has 0 aliphatic carbocycles. The van der Waals surface area contributed by atoms with Crippen LogP contribution in [-0.4, -0.2) is 89.6 Å². The van der Waals surface area contributed by atoms with Gasteiger partial charge in [-0.1, -0.05) is 30.3 Å². The first-order chi connectivity index (χ1) is 19.5. The Morgan fingerprint density at radius 1 is 0.854 bits per heavy atom. The number of thiol groups is 1. The Hall–Kier alpha value is -4.34. The van der Waals surface area contributed by atoms with E-state index in [1.807, 2.05) is 30.3 Å². The zero-order chi connectivity index (χ0) is 30.4. The van der Waals surface area contributed by atoms with Gasteiger partial charge in [-0.3, -0.25) is 33.8 Å². The zero-order valence-corrected chi connectivity index (χ0v) is 23.2. The van der Waals surface area contributed by atoms with Crippen molar-refractivity contribution in [2.75, 3.05) is 18.8 Å². The number of hydrogen-bond acceptors (Lipinski definition) is 8. The van der Waals surface area contributed by atoms with E-state index in [9.17, 15) is 33.9 Å². The number of aryl methyl sites for hydroxylation is 1. The summed E-state index contributed by atoms with van der Waals surface area (Å²) in [6.07, 6.45) is 0.0732. The number of aliphatic imine (C=N–C) groups is 1. The molecule has 0 radical (unpaired) electrons. The molecule has 0 bridgehead atoms. The lowest BCUT2D eigenvalue weighted by molar-refractivity contribution is -0.141. The first-order valence-corrected chi connectivity index (χ1v) is 13.5. The second kappa shape index (κ2) is 16.7. The lowest BCUT2D eigenvalue weighted by Gasteiger charge is -2.25. The molecule has 1 heterocycles. The van der Waals surface area contributed by atoms with Gasteiger partial charge in [-0.05, 0) is 31.2 Å². The summed E-state index contributed by atoms with van der Waals surface area (Å²) in [5, 5.41) is 21.5. The van der Waals surface area contributed by atoms with E-state index < -0.39 is 72.6 Å². The maximum atomic E-state index is 13.2. The molecule has 2 rings (SSSR count). The molecule has 1 aliphatic heterocycles. The van der Waals surface area contributed by atoms with Crippen LogP contribution >= 0.6 is 12.6 Å². The normalized spacial score (nSPS) is 22.5. The molecule has 10 N–H and O–H groups in total. The minimum Gasteiger partial charge on any atom is -0.481 e. The summed E-state index contributed by atoms with van der Waals surface area (Å²) >= 11 is 4.16. The second-order valence-corrected chi connectivity index (χ2v) is 9.64. The SMILES string of the molecule is NC(N)=NCCCC1NC(=O)CNC(=O)[C@@H](CC(=O)O)NC(=O)[C@@H](CCc2ccccc2)NC(=O)[C@@H](CS)NC1=O. The monoisotopic (exact) mass is 592 g/mol. The Labute approximate surface area is 242 Å². The van der Waals surface area contributed by atoms with Crippen molar-refractivity contribution in [2.45, 2.75) is 56.3 Å². The summed E-state index contributed by atoms with van der Waals surface area (Å²) in [4.78, 5) is 80.0. The molecule has 4 atom stereocenters. The third-order valence-electron chi connectivity index (χ3n) is 6.04. The molecule has 16 heteroatoms. The number of hydrogen-bond donors (Lipinski definition) is 9. The number of nitrogens with zero attached hydrogens (tertiary/aromatic N) is 1. The quantitative estimate of drug-likeness (QED) is 0.0586. The number of nitrogens with two attached hydrogens (primary N) is 2. The number of amides is 5. The van der Waals surface area contributed by atoms with Gasteiger partial charge in [0.25, 0.3) is 0 Å². The highest BCUT2D eigenvalue weighted by molar-refractivity contribution is 7.80. The standard InChI is InChI=1S/C25H36N8O7S/c26-25(27)28-10-4-7-15-22(38)33-18(13-41)24(40)31-16(9-8-14-5-2-1-3-6-14)23(39)32-17(11-20(35)36)21(37)29-12-19(34)30-15/h1-3,5-6,15-18,41H,4,7-13H2,(H,29,37)(H,30,34)(H,31,40)(H,32,39)(H,33,38)(H,35,36)(H4,26,27,28)/t15?,16-,17-,18-/m1/s1. The fraction of sp³-hybridized carbons (Fsp3) is 0.480. The van der Waals surface area contributed by atoms with E-state index in [-0.39, 0.29) is 31.1 Å². The van der Waals surface area contributed by atoms with Crippen molar-refractivity contribution in [1.29, 1.82) is 0 Å². The van der Waals surface area contributed by atoms with E-state index >= 15 is 0 Å². The predicted molar refractivity (Wildman–Crippen MR) is 152 cm³/mol. The Bertz CT molecular complexity index is 1130. The minimum absolute atomic E-state index is 0.0879. The molecule has 1 unspecified atom stereocenters. The van der Waals surface area contributed by atoms with Crippen LogP contribution in [0.25, 0.3) is 0 Å². The first-order valence-electron chi connectivity index (χ1n) is 12.9. The summed E-state index contributed by atoms with van der Waals surface area (Å²) in [6, 6.07) is 4.08. The maximum absolute atomic E-state index is 13.2. The Morgan fingerprint density at radius 3 is 2.05 bits per heavy atom. The van der Waals surface area contributed by atoms with E-state index in [4.69, 9.17) is 11.5 Å². The zero-order valence-electron chi connectivity index (χ0n) is 22.3. The molecule has 1 aromatic rings. The molecule has 41 heavy (non-hydrogen) atoms. The predicted octanol–water partition coefficient (Wildman–Crippen LogP) is -2.85. The van der Waals surface area contributed by atoms with Crippen molar-refractivity contribution in [1.82, 2.24) is 26.6 Å². The summed E-state index contributed by atoms with van der Waals surface area (Å²) in [7, 11) is 0. The molecule has 1 aromatic carbocycles. The summed E-state index contributed by atoms with van der Waals surface area (Å²) in [5.41, 5.74) is 11.5. The topological polar surface area (TPSA) is 247 Å². The average Bonchev–Trinajstić information content (AvgIpc) is 2.93. The second-order valence-electron chi connectivity index (χ2n) is 9.27. The molecule has 224 valence electrons. The molecule has 0 saturated carbocycles. The van der Waals surface area contributed by atoms with Gasteiger partial charge < -0.3 is 43.2 Å².